The Bertz CT molecular complexity index is 926. The first-order valence-electron chi connectivity index (χ1n) is 8.32. The standard InChI is InChI=1S/C20H21N3O/c1-22-10-3-4-15-12-17(7-8-18(15)22)21-20(24)16-6-5-14-9-11-23(2)19(14)13-16/h5-9,11-13H,3-4,10H2,1-2H3,(H,21,24). The molecule has 0 radical (unpaired) electrons. The monoisotopic (exact) mass is 319 g/mol. The first kappa shape index (κ1) is 14.8. The second kappa shape index (κ2) is 5.71. The number of rotatable bonds is 2. The molecule has 0 spiro atoms. The Hall–Kier alpha value is -2.75. The minimum atomic E-state index is -0.0674. The van der Waals surface area contributed by atoms with Crippen molar-refractivity contribution in [3.8, 4) is 0 Å². The summed E-state index contributed by atoms with van der Waals surface area (Å²) in [5.41, 5.74) is 5.18. The Morgan fingerprint density at radius 3 is 2.83 bits per heavy atom. The van der Waals surface area contributed by atoms with Crippen LogP contribution in [0, 0.1) is 0 Å². The first-order chi connectivity index (χ1) is 11.6. The summed E-state index contributed by atoms with van der Waals surface area (Å²) in [6.45, 7) is 1.09. The topological polar surface area (TPSA) is 37.3 Å². The second-order valence-electron chi connectivity index (χ2n) is 6.52. The van der Waals surface area contributed by atoms with E-state index < -0.39 is 0 Å². The van der Waals surface area contributed by atoms with Crippen LogP contribution in [-0.2, 0) is 13.5 Å². The SMILES string of the molecule is CN1CCCc2cc(NC(=O)c3ccc4ccn(C)c4c3)ccc21. The van der Waals surface area contributed by atoms with Gasteiger partial charge in [-0.05, 0) is 60.2 Å². The smallest absolute Gasteiger partial charge is 0.255 e. The molecule has 24 heavy (non-hydrogen) atoms. The molecule has 2 heterocycles. The molecule has 4 heteroatoms. The number of carbonyl (C=O) groups is 1. The van der Waals surface area contributed by atoms with Gasteiger partial charge < -0.3 is 14.8 Å². The van der Waals surface area contributed by atoms with Crippen LogP contribution in [0.5, 0.6) is 0 Å². The quantitative estimate of drug-likeness (QED) is 0.780. The third kappa shape index (κ3) is 2.54. The maximum Gasteiger partial charge on any atom is 0.255 e. The minimum absolute atomic E-state index is 0.0674. The maximum atomic E-state index is 12.6. The number of carbonyl (C=O) groups excluding carboxylic acids is 1. The van der Waals surface area contributed by atoms with Crippen molar-refractivity contribution in [2.75, 3.05) is 23.8 Å². The van der Waals surface area contributed by atoms with Gasteiger partial charge in [0.25, 0.3) is 5.91 Å². The van der Waals surface area contributed by atoms with Crippen LogP contribution in [0.25, 0.3) is 10.9 Å². The first-order valence-corrected chi connectivity index (χ1v) is 8.32. The Morgan fingerprint density at radius 1 is 1.08 bits per heavy atom. The zero-order valence-corrected chi connectivity index (χ0v) is 14.0. The Labute approximate surface area is 141 Å². The average molecular weight is 319 g/mol. The molecule has 4 rings (SSSR count). The fourth-order valence-corrected chi connectivity index (χ4v) is 3.47. The van der Waals surface area contributed by atoms with Crippen LogP contribution in [0.2, 0.25) is 0 Å². The number of hydrogen-bond donors (Lipinski definition) is 1. The van der Waals surface area contributed by atoms with Gasteiger partial charge in [-0.25, -0.2) is 0 Å². The predicted molar refractivity (Wildman–Crippen MR) is 98.9 cm³/mol. The van der Waals surface area contributed by atoms with E-state index in [1.807, 2.05) is 42.1 Å². The van der Waals surface area contributed by atoms with E-state index in [0.717, 1.165) is 36.0 Å². The van der Waals surface area contributed by atoms with Gasteiger partial charge in [-0.15, -0.1) is 0 Å². The lowest BCUT2D eigenvalue weighted by molar-refractivity contribution is 0.102. The summed E-state index contributed by atoms with van der Waals surface area (Å²) in [5, 5.41) is 4.18. The van der Waals surface area contributed by atoms with Crippen molar-refractivity contribution >= 4 is 28.2 Å². The third-order valence-corrected chi connectivity index (χ3v) is 4.84. The average Bonchev–Trinajstić information content (AvgIpc) is 2.96. The fourth-order valence-electron chi connectivity index (χ4n) is 3.47. The van der Waals surface area contributed by atoms with Crippen molar-refractivity contribution in [1.82, 2.24) is 4.57 Å². The van der Waals surface area contributed by atoms with Crippen molar-refractivity contribution < 1.29 is 4.79 Å². The van der Waals surface area contributed by atoms with Crippen molar-refractivity contribution in [1.29, 1.82) is 0 Å². The fraction of sp³-hybridized carbons (Fsp3) is 0.250. The van der Waals surface area contributed by atoms with Gasteiger partial charge in [-0.1, -0.05) is 6.07 Å². The van der Waals surface area contributed by atoms with E-state index >= 15 is 0 Å². The molecular formula is C20H21N3O. The molecule has 0 saturated heterocycles. The van der Waals surface area contributed by atoms with Crippen LogP contribution in [0.15, 0.2) is 48.7 Å². The van der Waals surface area contributed by atoms with Gasteiger partial charge in [0.05, 0.1) is 0 Å². The van der Waals surface area contributed by atoms with Crippen LogP contribution >= 0.6 is 0 Å². The van der Waals surface area contributed by atoms with Gasteiger partial charge in [-0.2, -0.15) is 0 Å². The van der Waals surface area contributed by atoms with Crippen molar-refractivity contribution in [3.63, 3.8) is 0 Å². The highest BCUT2D eigenvalue weighted by molar-refractivity contribution is 6.06. The van der Waals surface area contributed by atoms with E-state index in [-0.39, 0.29) is 5.91 Å². The molecule has 1 amide bonds. The zero-order valence-electron chi connectivity index (χ0n) is 14.0. The Morgan fingerprint density at radius 2 is 1.96 bits per heavy atom. The molecule has 0 fully saturated rings. The normalized spacial score (nSPS) is 13.8. The second-order valence-corrected chi connectivity index (χ2v) is 6.52. The molecular weight excluding hydrogens is 298 g/mol. The van der Waals surface area contributed by atoms with Gasteiger partial charge in [0.2, 0.25) is 0 Å². The van der Waals surface area contributed by atoms with Gasteiger partial charge in [0, 0.05) is 49.3 Å². The summed E-state index contributed by atoms with van der Waals surface area (Å²) in [5.74, 6) is -0.0674. The van der Waals surface area contributed by atoms with Crippen LogP contribution in [0.3, 0.4) is 0 Å². The summed E-state index contributed by atoms with van der Waals surface area (Å²) in [4.78, 5) is 14.9. The van der Waals surface area contributed by atoms with Crippen LogP contribution in [0.1, 0.15) is 22.3 Å². The molecule has 1 aromatic heterocycles. The Kier molecular flexibility index (Phi) is 3.53. The predicted octanol–water partition coefficient (Wildman–Crippen LogP) is 3.81. The molecule has 1 aliphatic rings. The number of anilines is 2. The number of nitrogens with one attached hydrogen (secondary N) is 1. The van der Waals surface area contributed by atoms with E-state index in [0.29, 0.717) is 5.56 Å². The number of hydrogen-bond acceptors (Lipinski definition) is 2. The Balaban J connectivity index is 1.60. The molecule has 122 valence electrons. The highest BCUT2D eigenvalue weighted by Gasteiger charge is 2.15. The number of aryl methyl sites for hydroxylation is 2. The number of benzene rings is 2. The van der Waals surface area contributed by atoms with Gasteiger partial charge >= 0.3 is 0 Å². The maximum absolute atomic E-state index is 12.6. The van der Waals surface area contributed by atoms with E-state index in [4.69, 9.17) is 0 Å². The summed E-state index contributed by atoms with van der Waals surface area (Å²) in [6.07, 6.45) is 4.23. The summed E-state index contributed by atoms with van der Waals surface area (Å²) in [6, 6.07) is 14.1. The van der Waals surface area contributed by atoms with Gasteiger partial charge in [0.15, 0.2) is 0 Å². The molecule has 4 nitrogen and oxygen atoms in total. The van der Waals surface area contributed by atoms with Gasteiger partial charge in [0.1, 0.15) is 0 Å². The van der Waals surface area contributed by atoms with E-state index in [1.54, 1.807) is 0 Å². The van der Waals surface area contributed by atoms with Crippen molar-refractivity contribution in [3.05, 3.63) is 59.8 Å². The third-order valence-electron chi connectivity index (χ3n) is 4.84. The molecule has 2 aromatic carbocycles. The highest BCUT2D eigenvalue weighted by atomic mass is 16.1. The van der Waals surface area contributed by atoms with E-state index in [9.17, 15) is 4.79 Å². The number of amides is 1. The van der Waals surface area contributed by atoms with Gasteiger partial charge in [-0.3, -0.25) is 4.79 Å². The number of nitrogens with zero attached hydrogens (tertiary/aromatic N) is 2. The largest absolute Gasteiger partial charge is 0.374 e. The number of fused-ring (bicyclic) bond motifs is 2. The molecule has 0 unspecified atom stereocenters. The molecule has 0 bridgehead atoms. The molecule has 1 aliphatic heterocycles. The lowest BCUT2D eigenvalue weighted by Gasteiger charge is -2.27. The van der Waals surface area contributed by atoms with E-state index in [2.05, 4.69) is 35.5 Å². The highest BCUT2D eigenvalue weighted by Crippen LogP contribution is 2.28. The zero-order chi connectivity index (χ0) is 16.7. The van der Waals surface area contributed by atoms with Crippen LogP contribution in [0.4, 0.5) is 11.4 Å². The molecule has 0 aliphatic carbocycles. The van der Waals surface area contributed by atoms with Crippen molar-refractivity contribution in [2.24, 2.45) is 7.05 Å². The molecule has 1 N–H and O–H groups in total. The summed E-state index contributed by atoms with van der Waals surface area (Å²) >= 11 is 0. The van der Waals surface area contributed by atoms with Crippen molar-refractivity contribution in [2.45, 2.75) is 12.8 Å². The lowest BCUT2D eigenvalue weighted by atomic mass is 10.0. The number of aromatic nitrogens is 1. The summed E-state index contributed by atoms with van der Waals surface area (Å²) in [7, 11) is 4.11. The minimum Gasteiger partial charge on any atom is -0.374 e. The van der Waals surface area contributed by atoms with Crippen LogP contribution in [-0.4, -0.2) is 24.1 Å². The lowest BCUT2D eigenvalue weighted by Crippen LogP contribution is -2.24. The molecule has 0 atom stereocenters. The molecule has 0 saturated carbocycles. The molecule has 3 aromatic rings. The van der Waals surface area contributed by atoms with Crippen LogP contribution < -0.4 is 10.2 Å². The van der Waals surface area contributed by atoms with E-state index in [1.165, 1.54) is 11.3 Å². The summed E-state index contributed by atoms with van der Waals surface area (Å²) < 4.78 is 2.03.